The first-order valence-electron chi connectivity index (χ1n) is 7.21. The molecule has 0 aliphatic carbocycles. The maximum absolute atomic E-state index is 9.25. The number of nitriles is 1. The zero-order valence-electron chi connectivity index (χ0n) is 12.9. The van der Waals surface area contributed by atoms with Gasteiger partial charge in [0.2, 0.25) is 0 Å². The van der Waals surface area contributed by atoms with Crippen molar-refractivity contribution in [3.63, 3.8) is 0 Å². The van der Waals surface area contributed by atoms with E-state index in [9.17, 15) is 5.26 Å². The lowest BCUT2D eigenvalue weighted by atomic mass is 10.1. The summed E-state index contributed by atoms with van der Waals surface area (Å²) in [5, 5.41) is 9.25. The summed E-state index contributed by atoms with van der Waals surface area (Å²) in [6.07, 6.45) is 1.25. The van der Waals surface area contributed by atoms with Crippen LogP contribution in [0, 0.1) is 18.3 Å². The molecule has 0 radical (unpaired) electrons. The molecule has 0 saturated heterocycles. The van der Waals surface area contributed by atoms with Crippen molar-refractivity contribution in [3.05, 3.63) is 40.5 Å². The average Bonchev–Trinajstić information content (AvgIpc) is 3.03. The van der Waals surface area contributed by atoms with Crippen molar-refractivity contribution in [1.29, 1.82) is 5.26 Å². The number of benzene rings is 1. The van der Waals surface area contributed by atoms with Crippen molar-refractivity contribution in [3.8, 4) is 23.1 Å². The third-order valence-electron chi connectivity index (χ3n) is 3.81. The number of aryl methyl sites for hydroxylation is 2. The topological polar surface area (TPSA) is 50.3 Å². The van der Waals surface area contributed by atoms with E-state index in [4.69, 9.17) is 9.72 Å². The normalized spacial score (nSPS) is 10.8. The van der Waals surface area contributed by atoms with E-state index >= 15 is 0 Å². The van der Waals surface area contributed by atoms with Crippen molar-refractivity contribution < 1.29 is 4.74 Å². The fourth-order valence-corrected chi connectivity index (χ4v) is 3.91. The summed E-state index contributed by atoms with van der Waals surface area (Å²) in [7, 11) is 1.66. The number of methoxy groups -OCH3 is 1. The van der Waals surface area contributed by atoms with Crippen LogP contribution in [-0.2, 0) is 12.8 Å². The van der Waals surface area contributed by atoms with Crippen LogP contribution in [0.25, 0.3) is 16.2 Å². The van der Waals surface area contributed by atoms with Gasteiger partial charge in [0.25, 0.3) is 0 Å². The Morgan fingerprint density at radius 2 is 2.09 bits per heavy atom. The van der Waals surface area contributed by atoms with E-state index in [0.29, 0.717) is 6.42 Å². The van der Waals surface area contributed by atoms with Crippen LogP contribution in [-0.4, -0.2) is 16.5 Å². The van der Waals surface area contributed by atoms with Crippen molar-refractivity contribution in [2.24, 2.45) is 0 Å². The maximum atomic E-state index is 9.25. The van der Waals surface area contributed by atoms with E-state index in [-0.39, 0.29) is 0 Å². The van der Waals surface area contributed by atoms with E-state index in [1.165, 1.54) is 10.6 Å². The van der Waals surface area contributed by atoms with Crippen molar-refractivity contribution in [1.82, 2.24) is 9.38 Å². The number of hydrogen-bond acceptors (Lipinski definition) is 4. The second kappa shape index (κ2) is 5.82. The summed E-state index contributed by atoms with van der Waals surface area (Å²) in [6, 6.07) is 10.1. The Balaban J connectivity index is 2.33. The van der Waals surface area contributed by atoms with Gasteiger partial charge in [0.05, 0.1) is 31.0 Å². The van der Waals surface area contributed by atoms with Crippen LogP contribution < -0.4 is 4.74 Å². The summed E-state index contributed by atoms with van der Waals surface area (Å²) in [4.78, 5) is 6.99. The van der Waals surface area contributed by atoms with Crippen molar-refractivity contribution in [2.45, 2.75) is 26.7 Å². The van der Waals surface area contributed by atoms with Gasteiger partial charge in [-0.15, -0.1) is 11.3 Å². The van der Waals surface area contributed by atoms with E-state index < -0.39 is 0 Å². The number of para-hydroxylation sites is 1. The number of ether oxygens (including phenoxy) is 1. The Kier molecular flexibility index (Phi) is 3.86. The van der Waals surface area contributed by atoms with Crippen LogP contribution in [0.2, 0.25) is 0 Å². The number of hydrogen-bond donors (Lipinski definition) is 0. The Labute approximate surface area is 133 Å². The Morgan fingerprint density at radius 3 is 2.77 bits per heavy atom. The SMILES string of the molecule is CCc1c(C)sc2nc(-c3ccccc3OC)c(CC#N)n12. The van der Waals surface area contributed by atoms with E-state index in [0.717, 1.165) is 34.1 Å². The highest BCUT2D eigenvalue weighted by molar-refractivity contribution is 7.17. The number of aromatic nitrogens is 2. The van der Waals surface area contributed by atoms with Gasteiger partial charge in [-0.05, 0) is 25.5 Å². The smallest absolute Gasteiger partial charge is 0.194 e. The summed E-state index contributed by atoms with van der Waals surface area (Å²) < 4.78 is 7.60. The Morgan fingerprint density at radius 1 is 1.32 bits per heavy atom. The number of fused-ring (bicyclic) bond motifs is 1. The molecule has 3 aromatic rings. The monoisotopic (exact) mass is 311 g/mol. The molecular weight excluding hydrogens is 294 g/mol. The van der Waals surface area contributed by atoms with Crippen LogP contribution >= 0.6 is 11.3 Å². The minimum atomic E-state index is 0.331. The molecule has 2 heterocycles. The molecule has 3 rings (SSSR count). The molecule has 22 heavy (non-hydrogen) atoms. The van der Waals surface area contributed by atoms with Gasteiger partial charge in [-0.3, -0.25) is 4.40 Å². The zero-order chi connectivity index (χ0) is 15.7. The largest absolute Gasteiger partial charge is 0.496 e. The molecule has 0 atom stereocenters. The molecule has 0 N–H and O–H groups in total. The molecule has 0 aliphatic rings. The lowest BCUT2D eigenvalue weighted by molar-refractivity contribution is 0.416. The minimum absolute atomic E-state index is 0.331. The van der Waals surface area contributed by atoms with Crippen LogP contribution in [0.3, 0.4) is 0 Å². The van der Waals surface area contributed by atoms with Crippen LogP contribution in [0.1, 0.15) is 23.2 Å². The lowest BCUT2D eigenvalue weighted by Gasteiger charge is -2.08. The molecule has 0 aliphatic heterocycles. The number of nitrogens with zero attached hydrogens (tertiary/aromatic N) is 3. The predicted molar refractivity (Wildman–Crippen MR) is 88.5 cm³/mol. The maximum Gasteiger partial charge on any atom is 0.194 e. The second-order valence-electron chi connectivity index (χ2n) is 5.02. The molecule has 0 amide bonds. The molecule has 0 fully saturated rings. The summed E-state index contributed by atoms with van der Waals surface area (Å²) in [5.74, 6) is 0.780. The molecule has 0 bridgehead atoms. The summed E-state index contributed by atoms with van der Waals surface area (Å²) >= 11 is 1.67. The zero-order valence-corrected chi connectivity index (χ0v) is 13.7. The molecule has 4 nitrogen and oxygen atoms in total. The summed E-state index contributed by atoms with van der Waals surface area (Å²) in [5.41, 5.74) is 3.97. The molecule has 0 unspecified atom stereocenters. The highest BCUT2D eigenvalue weighted by Crippen LogP contribution is 2.35. The van der Waals surface area contributed by atoms with Crippen LogP contribution in [0.4, 0.5) is 0 Å². The van der Waals surface area contributed by atoms with Gasteiger partial charge < -0.3 is 4.74 Å². The molecule has 112 valence electrons. The minimum Gasteiger partial charge on any atom is -0.496 e. The number of rotatable bonds is 4. The second-order valence-corrected chi connectivity index (χ2v) is 6.20. The van der Waals surface area contributed by atoms with Gasteiger partial charge in [-0.1, -0.05) is 19.1 Å². The molecule has 1 aromatic carbocycles. The summed E-state index contributed by atoms with van der Waals surface area (Å²) in [6.45, 7) is 4.24. The third-order valence-corrected chi connectivity index (χ3v) is 4.80. The van der Waals surface area contributed by atoms with Gasteiger partial charge >= 0.3 is 0 Å². The first kappa shape index (κ1) is 14.6. The highest BCUT2D eigenvalue weighted by atomic mass is 32.1. The first-order chi connectivity index (χ1) is 10.7. The molecular formula is C17H17N3OS. The van der Waals surface area contributed by atoms with Gasteiger partial charge in [-0.2, -0.15) is 5.26 Å². The van der Waals surface area contributed by atoms with Crippen molar-refractivity contribution >= 4 is 16.3 Å². The number of thiazole rings is 1. The van der Waals surface area contributed by atoms with Crippen LogP contribution in [0.15, 0.2) is 24.3 Å². The highest BCUT2D eigenvalue weighted by Gasteiger charge is 2.21. The number of imidazole rings is 1. The predicted octanol–water partition coefficient (Wildman–Crippen LogP) is 4.01. The van der Waals surface area contributed by atoms with E-state index in [2.05, 4.69) is 24.3 Å². The Bertz CT molecular complexity index is 870. The van der Waals surface area contributed by atoms with Crippen molar-refractivity contribution in [2.75, 3.05) is 7.11 Å². The average molecular weight is 311 g/mol. The fourth-order valence-electron chi connectivity index (χ4n) is 2.83. The van der Waals surface area contributed by atoms with Gasteiger partial charge in [0, 0.05) is 16.1 Å². The van der Waals surface area contributed by atoms with Gasteiger partial charge in [-0.25, -0.2) is 4.98 Å². The van der Waals surface area contributed by atoms with Gasteiger partial charge in [0.15, 0.2) is 4.96 Å². The standard InChI is InChI=1S/C17H17N3OS/c1-4-13-11(2)22-17-19-16(14(9-10-18)20(13)17)12-7-5-6-8-15(12)21-3/h5-8H,4,9H2,1-3H3. The molecule has 2 aromatic heterocycles. The molecule has 0 spiro atoms. The Hall–Kier alpha value is -2.32. The fraction of sp³-hybridized carbons (Fsp3) is 0.294. The molecule has 5 heteroatoms. The van der Waals surface area contributed by atoms with Crippen LogP contribution in [0.5, 0.6) is 5.75 Å². The quantitative estimate of drug-likeness (QED) is 0.731. The molecule has 0 saturated carbocycles. The third kappa shape index (κ3) is 2.16. The van der Waals surface area contributed by atoms with E-state index in [1.54, 1.807) is 18.4 Å². The van der Waals surface area contributed by atoms with E-state index in [1.807, 2.05) is 24.3 Å². The first-order valence-corrected chi connectivity index (χ1v) is 8.02. The van der Waals surface area contributed by atoms with Gasteiger partial charge in [0.1, 0.15) is 5.75 Å². The lowest BCUT2D eigenvalue weighted by Crippen LogP contribution is -1.98.